The number of rotatable bonds is 5. The van der Waals surface area contributed by atoms with Crippen LogP contribution < -0.4 is 0 Å². The van der Waals surface area contributed by atoms with E-state index >= 15 is 0 Å². The summed E-state index contributed by atoms with van der Waals surface area (Å²) in [6.07, 6.45) is -1.38. The minimum absolute atomic E-state index is 0.00431. The van der Waals surface area contributed by atoms with E-state index in [1.54, 1.807) is 0 Å². The third-order valence-corrected chi connectivity index (χ3v) is 1.28. The van der Waals surface area contributed by atoms with Crippen LogP contribution in [-0.4, -0.2) is 34.5 Å². The maximum atomic E-state index is 10.7. The van der Waals surface area contributed by atoms with E-state index in [1.807, 2.05) is 0 Å². The van der Waals surface area contributed by atoms with Crippen molar-refractivity contribution in [2.75, 3.05) is 6.61 Å². The average molecular weight is 160 g/mol. The second kappa shape index (κ2) is 4.98. The van der Waals surface area contributed by atoms with E-state index < -0.39 is 11.9 Å². The first-order valence-electron chi connectivity index (χ1n) is 3.39. The molecule has 0 saturated heterocycles. The summed E-state index contributed by atoms with van der Waals surface area (Å²) in [6, 6.07) is 0. The molecule has 0 aromatic heterocycles. The monoisotopic (exact) mass is 160 g/mol. The zero-order valence-electron chi connectivity index (χ0n) is 6.41. The standard InChI is InChI=1S/C7H12O4/c1-5(9)7(11)4-6(10)2-3-8/h7-8,11H,2-4H2,1H3. The fourth-order valence-electron chi connectivity index (χ4n) is 0.586. The van der Waals surface area contributed by atoms with Gasteiger partial charge in [-0.15, -0.1) is 0 Å². The largest absolute Gasteiger partial charge is 0.396 e. The highest BCUT2D eigenvalue weighted by Gasteiger charge is 2.13. The number of Topliss-reactive ketones (excluding diaryl/α,β-unsaturated/α-hetero) is 2. The van der Waals surface area contributed by atoms with Gasteiger partial charge in [0.25, 0.3) is 0 Å². The minimum atomic E-state index is -1.20. The van der Waals surface area contributed by atoms with Gasteiger partial charge in [0.2, 0.25) is 0 Å². The van der Waals surface area contributed by atoms with Crippen LogP contribution >= 0.6 is 0 Å². The number of hydrogen-bond acceptors (Lipinski definition) is 4. The highest BCUT2D eigenvalue weighted by molar-refractivity contribution is 5.88. The van der Waals surface area contributed by atoms with Gasteiger partial charge < -0.3 is 10.2 Å². The van der Waals surface area contributed by atoms with Crippen LogP contribution in [0.25, 0.3) is 0 Å². The fraction of sp³-hybridized carbons (Fsp3) is 0.714. The Morgan fingerprint density at radius 2 is 2.00 bits per heavy atom. The Bertz CT molecular complexity index is 153. The predicted octanol–water partition coefficient (Wildman–Crippen LogP) is -0.722. The molecule has 0 amide bonds. The molecule has 0 aromatic carbocycles. The van der Waals surface area contributed by atoms with E-state index in [4.69, 9.17) is 10.2 Å². The average Bonchev–Trinajstić information content (AvgIpc) is 1.87. The summed E-state index contributed by atoms with van der Waals surface area (Å²) in [4.78, 5) is 21.1. The summed E-state index contributed by atoms with van der Waals surface area (Å²) in [6.45, 7) is 0.986. The lowest BCUT2D eigenvalue weighted by atomic mass is 10.1. The van der Waals surface area contributed by atoms with Gasteiger partial charge in [-0.3, -0.25) is 9.59 Å². The number of aliphatic hydroxyl groups excluding tert-OH is 2. The summed E-state index contributed by atoms with van der Waals surface area (Å²) in [5, 5.41) is 17.2. The van der Waals surface area contributed by atoms with Crippen LogP contribution in [0.15, 0.2) is 0 Å². The van der Waals surface area contributed by atoms with E-state index in [-0.39, 0.29) is 25.2 Å². The topological polar surface area (TPSA) is 74.6 Å². The Morgan fingerprint density at radius 1 is 1.45 bits per heavy atom. The van der Waals surface area contributed by atoms with Crippen molar-refractivity contribution in [3.05, 3.63) is 0 Å². The van der Waals surface area contributed by atoms with Gasteiger partial charge in [-0.1, -0.05) is 0 Å². The van der Waals surface area contributed by atoms with Gasteiger partial charge in [0.15, 0.2) is 5.78 Å². The molecule has 11 heavy (non-hydrogen) atoms. The summed E-state index contributed by atoms with van der Waals surface area (Å²) in [5.74, 6) is -0.716. The van der Waals surface area contributed by atoms with Crippen molar-refractivity contribution in [3.8, 4) is 0 Å². The Kier molecular flexibility index (Phi) is 4.65. The minimum Gasteiger partial charge on any atom is -0.396 e. The second-order valence-corrected chi connectivity index (χ2v) is 2.34. The number of carbonyl (C=O) groups excluding carboxylic acids is 2. The highest BCUT2D eigenvalue weighted by Crippen LogP contribution is 1.96. The molecule has 1 atom stereocenters. The fourth-order valence-corrected chi connectivity index (χ4v) is 0.586. The molecule has 4 nitrogen and oxygen atoms in total. The molecule has 64 valence electrons. The van der Waals surface area contributed by atoms with Crippen molar-refractivity contribution in [2.24, 2.45) is 0 Å². The van der Waals surface area contributed by atoms with Crippen molar-refractivity contribution >= 4 is 11.6 Å². The molecule has 0 rings (SSSR count). The van der Waals surface area contributed by atoms with Crippen molar-refractivity contribution in [1.29, 1.82) is 0 Å². The molecule has 0 radical (unpaired) electrons. The molecule has 0 aliphatic carbocycles. The third kappa shape index (κ3) is 4.64. The van der Waals surface area contributed by atoms with Crippen molar-refractivity contribution in [3.63, 3.8) is 0 Å². The SMILES string of the molecule is CC(=O)C(O)CC(=O)CCO. The molecular weight excluding hydrogens is 148 g/mol. The van der Waals surface area contributed by atoms with Gasteiger partial charge in [0, 0.05) is 19.4 Å². The van der Waals surface area contributed by atoms with Gasteiger partial charge >= 0.3 is 0 Å². The molecule has 0 aliphatic rings. The number of ketones is 2. The smallest absolute Gasteiger partial charge is 0.158 e. The van der Waals surface area contributed by atoms with Crippen LogP contribution in [0.2, 0.25) is 0 Å². The van der Waals surface area contributed by atoms with Crippen LogP contribution in [0.1, 0.15) is 19.8 Å². The highest BCUT2D eigenvalue weighted by atomic mass is 16.3. The van der Waals surface area contributed by atoms with Gasteiger partial charge in [-0.05, 0) is 6.92 Å². The number of hydrogen-bond donors (Lipinski definition) is 2. The Balaban J connectivity index is 3.66. The van der Waals surface area contributed by atoms with Crippen LogP contribution in [-0.2, 0) is 9.59 Å². The van der Waals surface area contributed by atoms with Crippen LogP contribution in [0, 0.1) is 0 Å². The zero-order chi connectivity index (χ0) is 8.85. The summed E-state index contributed by atoms with van der Waals surface area (Å²) in [5.41, 5.74) is 0. The molecule has 0 heterocycles. The quantitative estimate of drug-likeness (QED) is 0.556. The van der Waals surface area contributed by atoms with Crippen molar-refractivity contribution in [1.82, 2.24) is 0 Å². The van der Waals surface area contributed by atoms with Gasteiger partial charge in [0.05, 0.1) is 0 Å². The van der Waals surface area contributed by atoms with Crippen LogP contribution in [0.3, 0.4) is 0 Å². The maximum Gasteiger partial charge on any atom is 0.158 e. The molecule has 2 N–H and O–H groups in total. The molecule has 0 fully saturated rings. The van der Waals surface area contributed by atoms with E-state index in [1.165, 1.54) is 6.92 Å². The van der Waals surface area contributed by atoms with Crippen molar-refractivity contribution in [2.45, 2.75) is 25.9 Å². The third-order valence-electron chi connectivity index (χ3n) is 1.28. The molecule has 4 heteroatoms. The predicted molar refractivity (Wildman–Crippen MR) is 38.0 cm³/mol. The van der Waals surface area contributed by atoms with Crippen LogP contribution in [0.4, 0.5) is 0 Å². The van der Waals surface area contributed by atoms with E-state index in [2.05, 4.69) is 0 Å². The van der Waals surface area contributed by atoms with E-state index in [9.17, 15) is 9.59 Å². The molecule has 0 aliphatic heterocycles. The number of aliphatic hydroxyl groups is 2. The molecule has 0 bridgehead atoms. The van der Waals surface area contributed by atoms with Gasteiger partial charge in [-0.25, -0.2) is 0 Å². The van der Waals surface area contributed by atoms with E-state index in [0.717, 1.165) is 0 Å². The first-order valence-corrected chi connectivity index (χ1v) is 3.39. The summed E-state index contributed by atoms with van der Waals surface area (Å²) >= 11 is 0. The lowest BCUT2D eigenvalue weighted by Crippen LogP contribution is -2.21. The molecular formula is C7H12O4. The van der Waals surface area contributed by atoms with Gasteiger partial charge in [0.1, 0.15) is 11.9 Å². The molecule has 0 aromatic rings. The normalized spacial score (nSPS) is 12.6. The number of carbonyl (C=O) groups is 2. The molecule has 0 spiro atoms. The summed E-state index contributed by atoms with van der Waals surface area (Å²) < 4.78 is 0. The zero-order valence-corrected chi connectivity index (χ0v) is 6.41. The van der Waals surface area contributed by atoms with Crippen LogP contribution in [0.5, 0.6) is 0 Å². The Hall–Kier alpha value is -0.740. The Labute approximate surface area is 64.8 Å². The first-order chi connectivity index (χ1) is 5.07. The van der Waals surface area contributed by atoms with E-state index in [0.29, 0.717) is 0 Å². The second-order valence-electron chi connectivity index (χ2n) is 2.34. The van der Waals surface area contributed by atoms with Gasteiger partial charge in [-0.2, -0.15) is 0 Å². The first kappa shape index (κ1) is 10.3. The maximum absolute atomic E-state index is 10.7. The lowest BCUT2D eigenvalue weighted by Gasteiger charge is -2.03. The molecule has 1 unspecified atom stereocenters. The van der Waals surface area contributed by atoms with Crippen molar-refractivity contribution < 1.29 is 19.8 Å². The summed E-state index contributed by atoms with van der Waals surface area (Å²) in [7, 11) is 0. The molecule has 0 saturated carbocycles. The lowest BCUT2D eigenvalue weighted by molar-refractivity contribution is -0.131. The Morgan fingerprint density at radius 3 is 2.36 bits per heavy atom.